The van der Waals surface area contributed by atoms with E-state index in [4.69, 9.17) is 32.4 Å². The van der Waals surface area contributed by atoms with Crippen LogP contribution in [0.1, 0.15) is 89.9 Å². The molecule has 10 nitrogen and oxygen atoms in total. The maximum absolute atomic E-state index is 11.7. The molecule has 0 spiro atoms. The number of nitrogens with two attached hydrogens (primary N) is 4. The second kappa shape index (κ2) is 19.8. The smallest absolute Gasteiger partial charge is 0.330 e. The van der Waals surface area contributed by atoms with Gasteiger partial charge in [-0.3, -0.25) is 9.59 Å². The molecular weight excluding hydrogens is 416 g/mol. The van der Waals surface area contributed by atoms with E-state index in [0.717, 1.165) is 51.4 Å². The van der Waals surface area contributed by atoms with Crippen molar-refractivity contribution in [1.29, 1.82) is 0 Å². The van der Waals surface area contributed by atoms with E-state index in [9.17, 15) is 19.2 Å². The normalized spacial score (nSPS) is 12.8. The minimum absolute atomic E-state index is 0.168. The number of unbranched alkanes of at least 4 members (excludes halogenated alkanes) is 7. The van der Waals surface area contributed by atoms with Crippen LogP contribution in [0, 0.1) is 0 Å². The molecule has 0 bridgehead atoms. The fourth-order valence-corrected chi connectivity index (χ4v) is 2.98. The second-order valence-corrected chi connectivity index (χ2v) is 7.99. The Bertz CT molecular complexity index is 511. The molecule has 0 unspecified atom stereocenters. The predicted molar refractivity (Wildman–Crippen MR) is 121 cm³/mol. The molecule has 186 valence electrons. The molecule has 0 rings (SSSR count). The van der Waals surface area contributed by atoms with Crippen LogP contribution in [0.3, 0.4) is 0 Å². The van der Waals surface area contributed by atoms with Crippen LogP contribution in [0.2, 0.25) is 0 Å². The van der Waals surface area contributed by atoms with Gasteiger partial charge in [0.1, 0.15) is 12.1 Å². The van der Waals surface area contributed by atoms with Crippen molar-refractivity contribution in [3.05, 3.63) is 0 Å². The summed E-state index contributed by atoms with van der Waals surface area (Å²) in [6, 6.07) is -1.58. The first-order valence-electron chi connectivity index (χ1n) is 11.7. The van der Waals surface area contributed by atoms with Gasteiger partial charge in [0.15, 0.2) is 0 Å². The Kier molecular flexibility index (Phi) is 18.6. The lowest BCUT2D eigenvalue weighted by molar-refractivity contribution is -0.162. The largest absolute Gasteiger partial charge is 0.392 e. The molecule has 0 aromatic heterocycles. The van der Waals surface area contributed by atoms with E-state index in [1.165, 1.54) is 0 Å². The molecule has 0 saturated heterocycles. The molecule has 0 aromatic carbocycles. The Labute approximate surface area is 191 Å². The number of carbonyl (C=O) groups is 4. The van der Waals surface area contributed by atoms with E-state index in [0.29, 0.717) is 38.8 Å². The molecule has 0 fully saturated rings. The topological polar surface area (TPSA) is 191 Å². The van der Waals surface area contributed by atoms with Crippen molar-refractivity contribution in [2.24, 2.45) is 22.9 Å². The van der Waals surface area contributed by atoms with Gasteiger partial charge in [0.25, 0.3) is 0 Å². The number of carbonyl (C=O) groups excluding carboxylic acids is 4. The maximum Gasteiger partial charge on any atom is 0.330 e. The molecule has 0 radical (unpaired) electrons. The number of hydrogen-bond acceptors (Lipinski definition) is 10. The molecular formula is C22H42N4O6. The summed E-state index contributed by atoms with van der Waals surface area (Å²) in [5.74, 6) is -2.49. The van der Waals surface area contributed by atoms with E-state index in [2.05, 4.69) is 0 Å². The molecule has 0 aliphatic rings. The zero-order valence-corrected chi connectivity index (χ0v) is 19.2. The number of rotatable bonds is 19. The van der Waals surface area contributed by atoms with E-state index < -0.39 is 36.0 Å². The zero-order chi connectivity index (χ0) is 24.2. The predicted octanol–water partition coefficient (Wildman–Crippen LogP) is 1.16. The molecule has 8 N–H and O–H groups in total. The third-order valence-electron chi connectivity index (χ3n) is 4.98. The minimum atomic E-state index is -0.792. The molecule has 0 saturated carbocycles. The molecule has 0 amide bonds. The highest BCUT2D eigenvalue weighted by Gasteiger charge is 2.19. The Morgan fingerprint density at radius 1 is 0.531 bits per heavy atom. The molecule has 10 heteroatoms. The summed E-state index contributed by atoms with van der Waals surface area (Å²) in [7, 11) is 0. The summed E-state index contributed by atoms with van der Waals surface area (Å²) in [5.41, 5.74) is 22.1. The lowest BCUT2D eigenvalue weighted by atomic mass is 10.1. The Balaban J connectivity index is 3.68. The van der Waals surface area contributed by atoms with Gasteiger partial charge < -0.3 is 32.4 Å². The lowest BCUT2D eigenvalue weighted by Gasteiger charge is -2.10. The van der Waals surface area contributed by atoms with Gasteiger partial charge in [-0.25, -0.2) is 9.59 Å². The van der Waals surface area contributed by atoms with Gasteiger partial charge in [-0.15, -0.1) is 0 Å². The quantitative estimate of drug-likeness (QED) is 0.124. The summed E-state index contributed by atoms with van der Waals surface area (Å²) in [6.07, 6.45) is 8.87. The van der Waals surface area contributed by atoms with Crippen LogP contribution in [0.15, 0.2) is 0 Å². The Morgan fingerprint density at radius 3 is 1.22 bits per heavy atom. The number of esters is 4. The summed E-state index contributed by atoms with van der Waals surface area (Å²) < 4.78 is 9.53. The molecule has 0 heterocycles. The zero-order valence-electron chi connectivity index (χ0n) is 19.2. The van der Waals surface area contributed by atoms with Crippen molar-refractivity contribution < 1.29 is 28.7 Å². The highest BCUT2D eigenvalue weighted by atomic mass is 16.6. The third-order valence-corrected chi connectivity index (χ3v) is 4.98. The molecule has 0 aliphatic heterocycles. The first-order valence-corrected chi connectivity index (χ1v) is 11.7. The number of hydrogen-bond donors (Lipinski definition) is 4. The summed E-state index contributed by atoms with van der Waals surface area (Å²) in [4.78, 5) is 46.8. The van der Waals surface area contributed by atoms with E-state index in [1.54, 1.807) is 0 Å². The van der Waals surface area contributed by atoms with Crippen LogP contribution < -0.4 is 22.9 Å². The summed E-state index contributed by atoms with van der Waals surface area (Å²) in [6.45, 7) is 1.07. The van der Waals surface area contributed by atoms with Crippen molar-refractivity contribution in [1.82, 2.24) is 0 Å². The Morgan fingerprint density at radius 2 is 0.875 bits per heavy atom. The summed E-state index contributed by atoms with van der Waals surface area (Å²) in [5, 5.41) is 0. The van der Waals surface area contributed by atoms with Gasteiger partial charge in [-0.2, -0.15) is 0 Å². The minimum Gasteiger partial charge on any atom is -0.392 e. The van der Waals surface area contributed by atoms with Gasteiger partial charge in [-0.05, 0) is 51.6 Å². The lowest BCUT2D eigenvalue weighted by Crippen LogP contribution is -2.33. The second-order valence-electron chi connectivity index (χ2n) is 7.99. The SMILES string of the molecule is NCCCC[C@H](N)C(=O)OC(=O)CCCCCCCCC(=O)OC(=O)[C@@H](N)CCCCN. The van der Waals surface area contributed by atoms with Crippen LogP contribution in [-0.2, 0) is 28.7 Å². The van der Waals surface area contributed by atoms with E-state index >= 15 is 0 Å². The average molecular weight is 459 g/mol. The standard InChI is InChI=1S/C22H42N4O6/c23-15-9-7-11-17(25)21(29)31-19(27)13-5-3-1-2-4-6-14-20(28)32-22(30)18(26)12-8-10-16-24/h17-18H,1-16,23-26H2/t17-,18-/m0/s1. The van der Waals surface area contributed by atoms with E-state index in [-0.39, 0.29) is 12.8 Å². The molecule has 2 atom stereocenters. The first kappa shape index (κ1) is 30.1. The van der Waals surface area contributed by atoms with E-state index in [1.807, 2.05) is 0 Å². The van der Waals surface area contributed by atoms with Crippen LogP contribution in [0.25, 0.3) is 0 Å². The van der Waals surface area contributed by atoms with Gasteiger partial charge in [0.05, 0.1) is 0 Å². The van der Waals surface area contributed by atoms with Crippen LogP contribution in [0.5, 0.6) is 0 Å². The monoisotopic (exact) mass is 458 g/mol. The fraction of sp³-hybridized carbons (Fsp3) is 0.818. The first-order chi connectivity index (χ1) is 15.3. The third kappa shape index (κ3) is 16.8. The fourth-order valence-electron chi connectivity index (χ4n) is 2.98. The summed E-state index contributed by atoms with van der Waals surface area (Å²) >= 11 is 0. The van der Waals surface area contributed by atoms with Gasteiger partial charge >= 0.3 is 23.9 Å². The highest BCUT2D eigenvalue weighted by Crippen LogP contribution is 2.10. The van der Waals surface area contributed by atoms with Crippen molar-refractivity contribution >= 4 is 23.9 Å². The van der Waals surface area contributed by atoms with Crippen molar-refractivity contribution in [3.8, 4) is 0 Å². The van der Waals surface area contributed by atoms with Gasteiger partial charge in [0.2, 0.25) is 0 Å². The van der Waals surface area contributed by atoms with Crippen molar-refractivity contribution in [3.63, 3.8) is 0 Å². The molecule has 32 heavy (non-hydrogen) atoms. The molecule has 0 aliphatic carbocycles. The van der Waals surface area contributed by atoms with Crippen LogP contribution in [-0.4, -0.2) is 49.1 Å². The van der Waals surface area contributed by atoms with Crippen LogP contribution >= 0.6 is 0 Å². The van der Waals surface area contributed by atoms with Crippen molar-refractivity contribution in [2.45, 2.75) is 102 Å². The maximum atomic E-state index is 11.7. The number of ether oxygens (including phenoxy) is 2. The Hall–Kier alpha value is -1.88. The highest BCUT2D eigenvalue weighted by molar-refractivity contribution is 5.88. The average Bonchev–Trinajstić information content (AvgIpc) is 2.75. The molecule has 0 aromatic rings. The van der Waals surface area contributed by atoms with Crippen molar-refractivity contribution in [2.75, 3.05) is 13.1 Å². The van der Waals surface area contributed by atoms with Gasteiger partial charge in [0, 0.05) is 12.8 Å². The van der Waals surface area contributed by atoms with Crippen LogP contribution in [0.4, 0.5) is 0 Å². The van der Waals surface area contributed by atoms with Gasteiger partial charge in [-0.1, -0.05) is 38.5 Å².